The lowest BCUT2D eigenvalue weighted by Gasteiger charge is -2.18. The molecule has 1 aliphatic rings. The number of aryl methyl sites for hydroxylation is 2. The van der Waals surface area contributed by atoms with Crippen LogP contribution < -0.4 is 10.3 Å². The topological polar surface area (TPSA) is 64.4 Å². The summed E-state index contributed by atoms with van der Waals surface area (Å²) in [5, 5.41) is 0.559. The normalized spacial score (nSPS) is 13.5. The van der Waals surface area contributed by atoms with E-state index in [4.69, 9.17) is 4.74 Å². The summed E-state index contributed by atoms with van der Waals surface area (Å²) in [6.45, 7) is 6.07. The van der Waals surface area contributed by atoms with E-state index in [-0.39, 0.29) is 17.6 Å². The van der Waals surface area contributed by atoms with Gasteiger partial charge in [0.25, 0.3) is 0 Å². The van der Waals surface area contributed by atoms with Gasteiger partial charge in [-0.15, -0.1) is 0 Å². The number of hydrogen-bond donors (Lipinski definition) is 0. The molecule has 1 saturated carbocycles. The third-order valence-electron chi connectivity index (χ3n) is 5.67. The van der Waals surface area contributed by atoms with Gasteiger partial charge in [0.05, 0.1) is 12.1 Å². The van der Waals surface area contributed by atoms with Crippen LogP contribution in [0.4, 0.5) is 5.82 Å². The van der Waals surface area contributed by atoms with Gasteiger partial charge in [0.15, 0.2) is 0 Å². The first-order valence-corrected chi connectivity index (χ1v) is 10.3. The van der Waals surface area contributed by atoms with E-state index in [0.29, 0.717) is 11.4 Å². The Morgan fingerprint density at radius 3 is 2.60 bits per heavy atom. The fraction of sp³-hybridized carbons (Fsp3) is 0.375. The average molecular weight is 405 g/mol. The van der Waals surface area contributed by atoms with Crippen LogP contribution in [0.1, 0.15) is 47.3 Å². The van der Waals surface area contributed by atoms with E-state index < -0.39 is 5.97 Å². The number of ether oxygens (including phenoxy) is 1. The molecule has 0 aliphatic heterocycles. The zero-order valence-electron chi connectivity index (χ0n) is 18.2. The summed E-state index contributed by atoms with van der Waals surface area (Å²) in [6.07, 6.45) is 5.66. The molecule has 2 aromatic heterocycles. The molecule has 1 fully saturated rings. The number of pyridine rings is 2. The van der Waals surface area contributed by atoms with Crippen LogP contribution in [-0.4, -0.2) is 36.2 Å². The lowest BCUT2D eigenvalue weighted by molar-refractivity contribution is 0.0524. The number of benzene rings is 1. The molecule has 0 bridgehead atoms. The molecule has 1 aromatic carbocycles. The highest BCUT2D eigenvalue weighted by atomic mass is 16.5. The van der Waals surface area contributed by atoms with Crippen LogP contribution in [0.3, 0.4) is 0 Å². The zero-order chi connectivity index (χ0) is 21.6. The van der Waals surface area contributed by atoms with Gasteiger partial charge in [0.2, 0.25) is 5.43 Å². The third-order valence-corrected chi connectivity index (χ3v) is 5.67. The average Bonchev–Trinajstić information content (AvgIpc) is 3.53. The monoisotopic (exact) mass is 405 g/mol. The van der Waals surface area contributed by atoms with E-state index in [2.05, 4.69) is 15.6 Å². The van der Waals surface area contributed by atoms with Gasteiger partial charge in [-0.25, -0.2) is 9.78 Å². The summed E-state index contributed by atoms with van der Waals surface area (Å²) in [4.78, 5) is 32.0. The highest BCUT2D eigenvalue weighted by Gasteiger charge is 2.28. The largest absolute Gasteiger partial charge is 0.462 e. The van der Waals surface area contributed by atoms with Crippen LogP contribution in [0.5, 0.6) is 0 Å². The minimum Gasteiger partial charge on any atom is -0.462 e. The van der Waals surface area contributed by atoms with Gasteiger partial charge in [-0.3, -0.25) is 4.79 Å². The lowest BCUT2D eigenvalue weighted by atomic mass is 9.96. The van der Waals surface area contributed by atoms with E-state index in [1.165, 1.54) is 0 Å². The van der Waals surface area contributed by atoms with Crippen molar-refractivity contribution in [2.45, 2.75) is 39.7 Å². The van der Waals surface area contributed by atoms with Crippen LogP contribution in [0, 0.1) is 13.8 Å². The van der Waals surface area contributed by atoms with Crippen LogP contribution in [0.25, 0.3) is 22.0 Å². The van der Waals surface area contributed by atoms with Gasteiger partial charge in [0.1, 0.15) is 11.4 Å². The molecule has 0 amide bonds. The number of nitrogens with zero attached hydrogens (tertiary/aromatic N) is 3. The number of rotatable bonds is 5. The van der Waals surface area contributed by atoms with Gasteiger partial charge < -0.3 is 14.2 Å². The number of hydrogen-bond acceptors (Lipinski definition) is 5. The maximum atomic E-state index is 13.1. The third kappa shape index (κ3) is 3.36. The van der Waals surface area contributed by atoms with Crippen molar-refractivity contribution in [2.75, 3.05) is 25.6 Å². The molecule has 4 rings (SSSR count). The second-order valence-corrected chi connectivity index (χ2v) is 8.12. The first kappa shape index (κ1) is 20.1. The van der Waals surface area contributed by atoms with Crippen molar-refractivity contribution in [1.29, 1.82) is 0 Å². The van der Waals surface area contributed by atoms with Crippen LogP contribution in [-0.2, 0) is 4.74 Å². The molecule has 0 saturated heterocycles. The Kier molecular flexibility index (Phi) is 5.10. The minimum absolute atomic E-state index is 0.108. The van der Waals surface area contributed by atoms with Crippen molar-refractivity contribution in [2.24, 2.45) is 0 Å². The van der Waals surface area contributed by atoms with E-state index >= 15 is 0 Å². The van der Waals surface area contributed by atoms with E-state index in [0.717, 1.165) is 46.4 Å². The highest BCUT2D eigenvalue weighted by molar-refractivity contribution is 5.96. The summed E-state index contributed by atoms with van der Waals surface area (Å²) in [6, 6.07) is 6.22. The highest BCUT2D eigenvalue weighted by Crippen LogP contribution is 2.39. The number of aromatic nitrogens is 2. The van der Waals surface area contributed by atoms with Crippen LogP contribution in [0.2, 0.25) is 0 Å². The van der Waals surface area contributed by atoms with Gasteiger partial charge in [0, 0.05) is 43.5 Å². The number of carbonyl (C=O) groups is 1. The molecule has 0 unspecified atom stereocenters. The predicted octanol–water partition coefficient (Wildman–Crippen LogP) is 4.26. The Hall–Kier alpha value is -3.15. The lowest BCUT2D eigenvalue weighted by Crippen LogP contribution is -2.21. The first-order chi connectivity index (χ1) is 14.3. The second kappa shape index (κ2) is 7.59. The molecule has 30 heavy (non-hydrogen) atoms. The SMILES string of the molecule is CCOC(=O)c1cn(C2CC2)c2c(C)c(-c3cnc(N(C)C)c(C)c3)ccc2c1=O. The molecule has 6 heteroatoms. The Bertz CT molecular complexity index is 1210. The zero-order valence-corrected chi connectivity index (χ0v) is 18.2. The molecular weight excluding hydrogens is 378 g/mol. The van der Waals surface area contributed by atoms with Crippen LogP contribution in [0.15, 0.2) is 35.4 Å². The van der Waals surface area contributed by atoms with E-state index in [1.54, 1.807) is 13.1 Å². The molecule has 0 N–H and O–H groups in total. The van der Waals surface area contributed by atoms with E-state index in [1.807, 2.05) is 51.2 Å². The molecule has 156 valence electrons. The summed E-state index contributed by atoms with van der Waals surface area (Å²) >= 11 is 0. The number of anilines is 1. The number of fused-ring (bicyclic) bond motifs is 1. The Balaban J connectivity index is 1.94. The summed E-state index contributed by atoms with van der Waals surface area (Å²) < 4.78 is 7.21. The number of esters is 1. The van der Waals surface area contributed by atoms with Crippen molar-refractivity contribution in [3.63, 3.8) is 0 Å². The molecule has 0 spiro atoms. The second-order valence-electron chi connectivity index (χ2n) is 8.12. The van der Waals surface area contributed by atoms with Gasteiger partial charge in [-0.05, 0) is 62.4 Å². The predicted molar refractivity (Wildman–Crippen MR) is 119 cm³/mol. The fourth-order valence-electron chi connectivity index (χ4n) is 4.11. The molecule has 6 nitrogen and oxygen atoms in total. The fourth-order valence-corrected chi connectivity index (χ4v) is 4.11. The van der Waals surface area contributed by atoms with Crippen molar-refractivity contribution >= 4 is 22.7 Å². The van der Waals surface area contributed by atoms with Crippen molar-refractivity contribution in [1.82, 2.24) is 9.55 Å². The van der Waals surface area contributed by atoms with Gasteiger partial charge >= 0.3 is 5.97 Å². The standard InChI is InChI=1S/C24H27N3O3/c1-6-30-24(29)20-13-27(17-7-8-17)21-15(3)18(9-10-19(21)22(20)28)16-11-14(2)23(25-12-16)26(4)5/h9-13,17H,6-8H2,1-5H3. The smallest absolute Gasteiger partial charge is 0.343 e. The van der Waals surface area contributed by atoms with Crippen molar-refractivity contribution in [3.05, 3.63) is 57.5 Å². The Labute approximate surface area is 176 Å². The molecule has 3 aromatic rings. The first-order valence-electron chi connectivity index (χ1n) is 10.3. The molecule has 0 radical (unpaired) electrons. The molecular formula is C24H27N3O3. The summed E-state index contributed by atoms with van der Waals surface area (Å²) in [5.74, 6) is 0.380. The molecule has 1 aliphatic carbocycles. The Morgan fingerprint density at radius 1 is 1.27 bits per heavy atom. The van der Waals surface area contributed by atoms with Crippen LogP contribution >= 0.6 is 0 Å². The Morgan fingerprint density at radius 2 is 2.00 bits per heavy atom. The van der Waals surface area contributed by atoms with Gasteiger partial charge in [-0.1, -0.05) is 6.07 Å². The summed E-state index contributed by atoms with van der Waals surface area (Å²) in [7, 11) is 3.96. The number of carbonyl (C=O) groups excluding carboxylic acids is 1. The molecule has 0 atom stereocenters. The van der Waals surface area contributed by atoms with Crippen molar-refractivity contribution < 1.29 is 9.53 Å². The quantitative estimate of drug-likeness (QED) is 0.594. The van der Waals surface area contributed by atoms with E-state index in [9.17, 15) is 9.59 Å². The molecule has 2 heterocycles. The maximum absolute atomic E-state index is 13.1. The summed E-state index contributed by atoms with van der Waals surface area (Å²) in [5.41, 5.74) is 4.90. The van der Waals surface area contributed by atoms with Crippen molar-refractivity contribution in [3.8, 4) is 11.1 Å². The minimum atomic E-state index is -0.556. The maximum Gasteiger partial charge on any atom is 0.343 e. The van der Waals surface area contributed by atoms with Gasteiger partial charge in [-0.2, -0.15) is 0 Å².